The van der Waals surface area contributed by atoms with Crippen LogP contribution in [0.1, 0.15) is 42.0 Å². The fourth-order valence-corrected chi connectivity index (χ4v) is 4.92. The van der Waals surface area contributed by atoms with Gasteiger partial charge < -0.3 is 39.4 Å². The minimum atomic E-state index is -1.91. The van der Waals surface area contributed by atoms with Gasteiger partial charge in [-0.25, -0.2) is 11.3 Å². The fourth-order valence-electron chi connectivity index (χ4n) is 4.92. The Kier molecular flexibility index (Phi) is 7.30. The van der Waals surface area contributed by atoms with Crippen LogP contribution in [0, 0.1) is 6.92 Å². The van der Waals surface area contributed by atoms with Crippen molar-refractivity contribution in [3.8, 4) is 22.9 Å². The molecule has 2 aliphatic rings. The normalized spacial score (nSPS) is 14.9. The molecule has 0 saturated carbocycles. The number of aromatic nitrogens is 2. The number of hydrogen-bond acceptors (Lipinski definition) is 8. The summed E-state index contributed by atoms with van der Waals surface area (Å²) >= 11 is 0. The van der Waals surface area contributed by atoms with Crippen LogP contribution in [0.15, 0.2) is 23.0 Å². The molecular weight excluding hydrogens is 544 g/mol. The average Bonchev–Trinajstić information content (AvgIpc) is 3.47. The van der Waals surface area contributed by atoms with Gasteiger partial charge in [0.05, 0.1) is 11.2 Å². The fraction of sp³-hybridized carbons (Fsp3) is 0.385. The molecule has 3 aromatic rings. The third-order valence-corrected chi connectivity index (χ3v) is 6.96. The molecule has 1 atom stereocenters. The van der Waals surface area contributed by atoms with E-state index in [4.69, 9.17) is 20.2 Å². The number of benzene rings is 1. The number of fused-ring (bicyclic) bond motifs is 5. The van der Waals surface area contributed by atoms with Crippen molar-refractivity contribution in [3.05, 3.63) is 57.7 Å². The standard InChI is InChI=1S/C26H28N4O5.Mo/c1-4-26(33,13-31)19-9-21-24-18(12-30(21)25(32)15(19)2)17(11-29(3)7-5-6-27)16-8-22-23(35-14-34-22)10-20(16)28-24;/h8-10,33H,2,4-7,11-12,14,27H2,1,3H3;/q-2;+2/t26-;/m1./s1. The maximum atomic E-state index is 13.3. The van der Waals surface area contributed by atoms with Crippen molar-refractivity contribution in [3.63, 3.8) is 0 Å². The summed E-state index contributed by atoms with van der Waals surface area (Å²) in [4.78, 5) is 32.1. The maximum absolute atomic E-state index is 13.3. The summed E-state index contributed by atoms with van der Waals surface area (Å²) in [5.41, 5.74) is 7.53. The molecule has 2 aromatic heterocycles. The first kappa shape index (κ1) is 26.4. The van der Waals surface area contributed by atoms with Gasteiger partial charge in [-0.2, -0.15) is 6.92 Å². The summed E-state index contributed by atoms with van der Waals surface area (Å²) in [7, 11) is 2.03. The molecule has 0 bridgehead atoms. The number of rotatable bonds is 8. The van der Waals surface area contributed by atoms with E-state index < -0.39 is 5.60 Å². The first-order chi connectivity index (χ1) is 16.8. The summed E-state index contributed by atoms with van der Waals surface area (Å²) in [5, 5.41) is 11.8. The Hall–Kier alpha value is -2.71. The van der Waals surface area contributed by atoms with E-state index in [1.165, 1.54) is 0 Å². The van der Waals surface area contributed by atoms with Crippen LogP contribution in [0.3, 0.4) is 0 Å². The SMILES string of the molecule is [CH2-]c1c([C@](O)([C-]=O)CC)cc2n(c1=O)Cc1c-2nc2cc3c(cc2c1CN(C)CCCN)OCO3.[Mo+2]. The van der Waals surface area contributed by atoms with Gasteiger partial charge in [-0.3, -0.25) is 0 Å². The summed E-state index contributed by atoms with van der Waals surface area (Å²) in [5.74, 6) is 1.28. The van der Waals surface area contributed by atoms with Crippen LogP contribution in [0.4, 0.5) is 0 Å². The molecule has 0 fully saturated rings. The van der Waals surface area contributed by atoms with Crippen molar-refractivity contribution in [2.45, 2.75) is 38.5 Å². The van der Waals surface area contributed by atoms with Gasteiger partial charge in [-0.15, -0.1) is 11.1 Å². The molecule has 3 N–H and O–H groups in total. The summed E-state index contributed by atoms with van der Waals surface area (Å²) in [6, 6.07) is 5.44. The van der Waals surface area contributed by atoms with E-state index in [0.717, 1.165) is 29.5 Å². The number of aliphatic hydroxyl groups is 1. The number of hydrogen-bond donors (Lipinski definition) is 2. The zero-order chi connectivity index (χ0) is 24.9. The van der Waals surface area contributed by atoms with E-state index in [1.807, 2.05) is 19.2 Å². The molecular formula is C26H28MoN4O5. The van der Waals surface area contributed by atoms with Crippen LogP contribution in [0.25, 0.3) is 22.3 Å². The molecule has 0 aliphatic carbocycles. The van der Waals surface area contributed by atoms with E-state index in [2.05, 4.69) is 11.8 Å². The van der Waals surface area contributed by atoms with Gasteiger partial charge in [0, 0.05) is 35.8 Å². The molecule has 0 radical (unpaired) electrons. The van der Waals surface area contributed by atoms with Crippen LogP contribution in [0.5, 0.6) is 11.5 Å². The average molecular weight is 572 g/mol. The molecule has 9 nitrogen and oxygen atoms in total. The smallest absolute Gasteiger partial charge is 0.540 e. The van der Waals surface area contributed by atoms with Gasteiger partial charge in [0.25, 0.3) is 0 Å². The van der Waals surface area contributed by atoms with Crippen LogP contribution < -0.4 is 20.8 Å². The Labute approximate surface area is 223 Å². The van der Waals surface area contributed by atoms with Crippen LogP contribution in [-0.4, -0.2) is 52.8 Å². The molecule has 4 heterocycles. The first-order valence-corrected chi connectivity index (χ1v) is 11.7. The number of pyridine rings is 2. The van der Waals surface area contributed by atoms with E-state index in [9.17, 15) is 14.7 Å². The second-order valence-electron chi connectivity index (χ2n) is 9.15. The number of nitrogens with two attached hydrogens (primary N) is 1. The van der Waals surface area contributed by atoms with Gasteiger partial charge >= 0.3 is 21.1 Å². The predicted molar refractivity (Wildman–Crippen MR) is 131 cm³/mol. The topological polar surface area (TPSA) is 120 Å². The largest absolute Gasteiger partial charge is 2.00 e. The first-order valence-electron chi connectivity index (χ1n) is 11.7. The Morgan fingerprint density at radius 2 is 2.03 bits per heavy atom. The molecule has 1 aromatic carbocycles. The van der Waals surface area contributed by atoms with Crippen LogP contribution in [-0.2, 0) is 44.6 Å². The predicted octanol–water partition coefficient (Wildman–Crippen LogP) is 1.82. The molecule has 0 spiro atoms. The van der Waals surface area contributed by atoms with Gasteiger partial charge in [0.15, 0.2) is 11.5 Å². The van der Waals surface area contributed by atoms with Crippen molar-refractivity contribution >= 4 is 17.2 Å². The third-order valence-electron chi connectivity index (χ3n) is 6.96. The summed E-state index contributed by atoms with van der Waals surface area (Å²) in [6.07, 6.45) is 2.62. The van der Waals surface area contributed by atoms with Gasteiger partial charge in [0.2, 0.25) is 6.79 Å². The van der Waals surface area contributed by atoms with Crippen molar-refractivity contribution in [1.82, 2.24) is 14.5 Å². The molecule has 188 valence electrons. The molecule has 2 aliphatic heterocycles. The quantitative estimate of drug-likeness (QED) is 0.243. The zero-order valence-corrected chi connectivity index (χ0v) is 22.3. The minimum absolute atomic E-state index is 0. The van der Waals surface area contributed by atoms with Gasteiger partial charge in [-0.05, 0) is 43.8 Å². The van der Waals surface area contributed by atoms with E-state index >= 15 is 0 Å². The minimum Gasteiger partial charge on any atom is -0.540 e. The number of ether oxygens (including phenoxy) is 2. The molecule has 10 heteroatoms. The van der Waals surface area contributed by atoms with E-state index in [0.29, 0.717) is 48.0 Å². The van der Waals surface area contributed by atoms with E-state index in [-0.39, 0.29) is 51.0 Å². The Morgan fingerprint density at radius 1 is 1.31 bits per heavy atom. The third kappa shape index (κ3) is 4.14. The monoisotopic (exact) mass is 574 g/mol. The number of carbonyl (C=O) groups excluding carboxylic acids is 1. The van der Waals surface area contributed by atoms with Crippen molar-refractivity contribution in [2.24, 2.45) is 5.73 Å². The molecule has 0 unspecified atom stereocenters. The van der Waals surface area contributed by atoms with Crippen molar-refractivity contribution in [2.75, 3.05) is 26.9 Å². The second-order valence-corrected chi connectivity index (χ2v) is 9.15. The van der Waals surface area contributed by atoms with Gasteiger partial charge in [-0.1, -0.05) is 19.4 Å². The van der Waals surface area contributed by atoms with Crippen molar-refractivity contribution < 1.29 is 40.4 Å². The Bertz CT molecular complexity index is 1410. The van der Waals surface area contributed by atoms with Crippen LogP contribution in [0.2, 0.25) is 0 Å². The Balaban J connectivity index is 0.00000304. The summed E-state index contributed by atoms with van der Waals surface area (Å²) in [6.45, 7) is 8.05. The zero-order valence-electron chi connectivity index (χ0n) is 20.3. The molecule has 0 amide bonds. The van der Waals surface area contributed by atoms with Crippen LogP contribution >= 0.6 is 0 Å². The molecule has 0 saturated heterocycles. The van der Waals surface area contributed by atoms with E-state index in [1.54, 1.807) is 23.8 Å². The summed E-state index contributed by atoms with van der Waals surface area (Å²) < 4.78 is 12.8. The molecule has 5 rings (SSSR count). The van der Waals surface area contributed by atoms with Gasteiger partial charge in [0.1, 0.15) is 5.56 Å². The maximum Gasteiger partial charge on any atom is 2.00 e. The second kappa shape index (κ2) is 9.98. The van der Waals surface area contributed by atoms with Crippen molar-refractivity contribution in [1.29, 1.82) is 0 Å². The number of nitrogens with zero attached hydrogens (tertiary/aromatic N) is 3. The Morgan fingerprint density at radius 3 is 2.69 bits per heavy atom. The molecule has 36 heavy (non-hydrogen) atoms.